The quantitative estimate of drug-likeness (QED) is 0.297. The van der Waals surface area contributed by atoms with Crippen molar-refractivity contribution in [1.29, 1.82) is 0 Å². The van der Waals surface area contributed by atoms with Gasteiger partial charge in [0.05, 0.1) is 5.41 Å². The first kappa shape index (κ1) is 26.0. The number of hydrazine groups is 1. The van der Waals surface area contributed by atoms with Gasteiger partial charge >= 0.3 is 6.09 Å². The largest absolute Gasteiger partial charge is 0.444 e. The summed E-state index contributed by atoms with van der Waals surface area (Å²) in [6.45, 7) is 10.9. The number of hydrogen-bond acceptors (Lipinski definition) is 5. The van der Waals surface area contributed by atoms with Crippen LogP contribution in [0.4, 0.5) is 4.79 Å². The third kappa shape index (κ3) is 6.87. The molecule has 7 nitrogen and oxygen atoms in total. The molecule has 1 fully saturated rings. The van der Waals surface area contributed by atoms with Crippen LogP contribution in [0.2, 0.25) is 0 Å². The van der Waals surface area contributed by atoms with E-state index in [1.165, 1.54) is 6.42 Å². The number of carbonyl (C=O) groups is 1. The Morgan fingerprint density at radius 2 is 1.71 bits per heavy atom. The van der Waals surface area contributed by atoms with Crippen molar-refractivity contribution in [2.24, 2.45) is 16.8 Å². The number of halogens is 1. The topological polar surface area (TPSA) is 106 Å². The van der Waals surface area contributed by atoms with Crippen molar-refractivity contribution in [3.63, 3.8) is 0 Å². The number of likely N-dealkylation sites (tertiary alicyclic amines) is 1. The van der Waals surface area contributed by atoms with Crippen LogP contribution in [0, 0.1) is 0 Å². The minimum atomic E-state index is -0.506. The summed E-state index contributed by atoms with van der Waals surface area (Å²) in [5, 5.41) is 3.85. The van der Waals surface area contributed by atoms with Crippen molar-refractivity contribution >= 4 is 24.3 Å². The van der Waals surface area contributed by atoms with Crippen LogP contribution in [-0.2, 0) is 10.2 Å². The number of rotatable bonds is 2. The number of amides is 1. The Kier molecular flexibility index (Phi) is 10.9. The fourth-order valence-corrected chi connectivity index (χ4v) is 3.12. The lowest BCUT2D eigenvalue weighted by molar-refractivity contribution is 0.0188. The normalized spacial score (nSPS) is 16.2. The van der Waals surface area contributed by atoms with Crippen LogP contribution >= 0.6 is 12.4 Å². The van der Waals surface area contributed by atoms with Crippen LogP contribution in [0.15, 0.2) is 35.4 Å². The Bertz CT molecular complexity index is 609. The maximum atomic E-state index is 12.3. The van der Waals surface area contributed by atoms with E-state index in [0.29, 0.717) is 31.8 Å². The van der Waals surface area contributed by atoms with Crippen molar-refractivity contribution in [3.8, 4) is 0 Å². The second-order valence-corrected chi connectivity index (χ2v) is 7.74. The van der Waals surface area contributed by atoms with Crippen molar-refractivity contribution < 1.29 is 9.53 Å². The van der Waals surface area contributed by atoms with Crippen LogP contribution in [0.25, 0.3) is 0 Å². The summed E-state index contributed by atoms with van der Waals surface area (Å²) in [4.78, 5) is 14.0. The maximum absolute atomic E-state index is 12.3. The van der Waals surface area contributed by atoms with E-state index in [-0.39, 0.29) is 18.5 Å². The van der Waals surface area contributed by atoms with Gasteiger partial charge < -0.3 is 20.9 Å². The van der Waals surface area contributed by atoms with E-state index < -0.39 is 11.0 Å². The lowest BCUT2D eigenvalue weighted by atomic mass is 9.71. The van der Waals surface area contributed by atoms with Crippen LogP contribution in [0.3, 0.4) is 0 Å². The van der Waals surface area contributed by atoms with E-state index in [4.69, 9.17) is 16.4 Å². The predicted molar refractivity (Wildman–Crippen MR) is 117 cm³/mol. The van der Waals surface area contributed by atoms with Crippen LogP contribution in [0.1, 0.15) is 59.4 Å². The van der Waals surface area contributed by atoms with Gasteiger partial charge in [-0.2, -0.15) is 5.10 Å². The van der Waals surface area contributed by atoms with E-state index in [0.717, 1.165) is 5.56 Å². The van der Waals surface area contributed by atoms with Gasteiger partial charge in [-0.3, -0.25) is 0 Å². The summed E-state index contributed by atoms with van der Waals surface area (Å²) in [5.74, 6) is 11.7. The highest BCUT2D eigenvalue weighted by atomic mass is 35.5. The highest BCUT2D eigenvalue weighted by Gasteiger charge is 2.42. The van der Waals surface area contributed by atoms with Gasteiger partial charge in [0.15, 0.2) is 0 Å². The first-order valence-corrected chi connectivity index (χ1v) is 9.52. The van der Waals surface area contributed by atoms with Gasteiger partial charge in [0.2, 0.25) is 0 Å². The molecule has 0 unspecified atom stereocenters. The molecular formula is C20H36ClN5O2. The number of nitrogens with one attached hydrogen (secondary N) is 1. The number of amidine groups is 1. The molecule has 160 valence electrons. The summed E-state index contributed by atoms with van der Waals surface area (Å²) in [6, 6.07) is 9.98. The zero-order valence-corrected chi connectivity index (χ0v) is 18.5. The van der Waals surface area contributed by atoms with Crippen LogP contribution in [-0.4, -0.2) is 35.5 Å². The van der Waals surface area contributed by atoms with Crippen molar-refractivity contribution in [1.82, 2.24) is 10.3 Å². The summed E-state index contributed by atoms with van der Waals surface area (Å²) >= 11 is 0. The molecule has 0 aliphatic carbocycles. The third-order valence-electron chi connectivity index (χ3n) is 4.31. The highest BCUT2D eigenvalue weighted by Crippen LogP contribution is 2.36. The molecule has 28 heavy (non-hydrogen) atoms. The number of nitrogens with zero attached hydrogens (tertiary/aromatic N) is 2. The average molecular weight is 414 g/mol. The van der Waals surface area contributed by atoms with Gasteiger partial charge in [-0.05, 0) is 39.2 Å². The molecule has 1 saturated heterocycles. The maximum Gasteiger partial charge on any atom is 0.410 e. The van der Waals surface area contributed by atoms with Crippen molar-refractivity contribution in [3.05, 3.63) is 35.9 Å². The number of carbonyl (C=O) groups excluding carboxylic acids is 1. The summed E-state index contributed by atoms with van der Waals surface area (Å²) in [5.41, 5.74) is 2.78. The average Bonchev–Trinajstić information content (AvgIpc) is 2.63. The zero-order chi connectivity index (χ0) is 20.5. The Morgan fingerprint density at radius 1 is 1.21 bits per heavy atom. The molecule has 5 N–H and O–H groups in total. The summed E-state index contributed by atoms with van der Waals surface area (Å²) in [6.07, 6.45) is 2.28. The van der Waals surface area contributed by atoms with Gasteiger partial charge in [0.1, 0.15) is 11.4 Å². The number of hydrazone groups is 1. The Morgan fingerprint density at radius 3 is 2.11 bits per heavy atom. The van der Waals surface area contributed by atoms with Gasteiger partial charge in [-0.15, -0.1) is 12.4 Å². The van der Waals surface area contributed by atoms with E-state index >= 15 is 0 Å². The Balaban J connectivity index is 0.00000171. The van der Waals surface area contributed by atoms with Crippen molar-refractivity contribution in [2.45, 2.75) is 64.9 Å². The Hall–Kier alpha value is -1.99. The SMILES string of the molecule is CC(C)(C)OC(=O)N1CCC(/C(=N/N)NN)(c2ccccc2)CC1.CCC.Cl. The number of hydrogen-bond donors (Lipinski definition) is 3. The van der Waals surface area contributed by atoms with Crippen molar-refractivity contribution in [2.75, 3.05) is 13.1 Å². The molecule has 0 aromatic heterocycles. The zero-order valence-electron chi connectivity index (χ0n) is 17.7. The lowest BCUT2D eigenvalue weighted by Gasteiger charge is -2.42. The van der Waals surface area contributed by atoms with E-state index in [9.17, 15) is 4.79 Å². The lowest BCUT2D eigenvalue weighted by Crippen LogP contribution is -2.55. The monoisotopic (exact) mass is 413 g/mol. The van der Waals surface area contributed by atoms with E-state index in [1.807, 2.05) is 51.1 Å². The molecule has 0 bridgehead atoms. The summed E-state index contributed by atoms with van der Waals surface area (Å²) in [7, 11) is 0. The second kappa shape index (κ2) is 11.8. The Labute approximate surface area is 175 Å². The second-order valence-electron chi connectivity index (χ2n) is 7.74. The number of nitrogens with two attached hydrogens (primary N) is 2. The summed E-state index contributed by atoms with van der Waals surface area (Å²) < 4.78 is 5.46. The third-order valence-corrected chi connectivity index (χ3v) is 4.31. The minimum Gasteiger partial charge on any atom is -0.444 e. The molecule has 0 saturated carbocycles. The molecule has 2 rings (SSSR count). The fraction of sp³-hybridized carbons (Fsp3) is 0.600. The van der Waals surface area contributed by atoms with Crippen LogP contribution in [0.5, 0.6) is 0 Å². The number of benzene rings is 1. The molecule has 1 aliphatic rings. The minimum absolute atomic E-state index is 0. The van der Waals surface area contributed by atoms with E-state index in [1.54, 1.807) is 4.90 Å². The van der Waals surface area contributed by atoms with Gasteiger partial charge in [-0.25, -0.2) is 10.6 Å². The fourth-order valence-electron chi connectivity index (χ4n) is 3.12. The van der Waals surface area contributed by atoms with Gasteiger partial charge in [0, 0.05) is 13.1 Å². The number of piperidine rings is 1. The predicted octanol–water partition coefficient (Wildman–Crippen LogP) is 3.53. The van der Waals surface area contributed by atoms with E-state index in [2.05, 4.69) is 24.4 Å². The molecular weight excluding hydrogens is 378 g/mol. The molecule has 1 aromatic rings. The first-order chi connectivity index (χ1) is 12.7. The molecule has 1 aromatic carbocycles. The molecule has 0 atom stereocenters. The first-order valence-electron chi connectivity index (χ1n) is 9.52. The van der Waals surface area contributed by atoms with Gasteiger partial charge in [0.25, 0.3) is 0 Å². The molecule has 1 heterocycles. The molecule has 1 amide bonds. The molecule has 1 aliphatic heterocycles. The smallest absolute Gasteiger partial charge is 0.410 e. The number of ether oxygens (including phenoxy) is 1. The van der Waals surface area contributed by atoms with Crippen LogP contribution < -0.4 is 17.1 Å². The van der Waals surface area contributed by atoms with Gasteiger partial charge in [-0.1, -0.05) is 50.6 Å². The highest BCUT2D eigenvalue weighted by molar-refractivity contribution is 5.93. The molecule has 0 radical (unpaired) electrons. The molecule has 8 heteroatoms. The molecule has 0 spiro atoms. The standard InChI is InChI=1S/C17H27N5O2.C3H8.ClH/c1-16(2,3)24-15(23)22-11-9-17(10-12-22,14(20-18)21-19)13-7-5-4-6-8-13;1-3-2;/h4-8H,9-12,18-19H2,1-3H3,(H,20,21);3H2,1-2H3;1H.